The average Bonchev–Trinajstić information content (AvgIpc) is 2.06. The first-order valence-electron chi connectivity index (χ1n) is 3.52. The SMILES string of the molecule is CC1N=CN=C2C=NC=NC21. The van der Waals surface area contributed by atoms with Gasteiger partial charge in [-0.3, -0.25) is 9.98 Å². The van der Waals surface area contributed by atoms with E-state index < -0.39 is 0 Å². The van der Waals surface area contributed by atoms with Crippen LogP contribution in [0.5, 0.6) is 0 Å². The second-order valence-electron chi connectivity index (χ2n) is 2.55. The summed E-state index contributed by atoms with van der Waals surface area (Å²) in [5, 5.41) is 0. The first-order valence-corrected chi connectivity index (χ1v) is 3.52. The van der Waals surface area contributed by atoms with Gasteiger partial charge in [0.25, 0.3) is 0 Å². The summed E-state index contributed by atoms with van der Waals surface area (Å²) in [6, 6.07) is 0.294. The molecule has 0 bridgehead atoms. The van der Waals surface area contributed by atoms with Gasteiger partial charge in [-0.05, 0) is 6.92 Å². The Bertz CT molecular complexity index is 274. The molecule has 0 aromatic carbocycles. The van der Waals surface area contributed by atoms with E-state index in [1.807, 2.05) is 6.92 Å². The molecular weight excluding hydrogens is 140 g/mol. The first-order chi connectivity index (χ1) is 5.38. The third kappa shape index (κ3) is 1.00. The van der Waals surface area contributed by atoms with Gasteiger partial charge in [0.15, 0.2) is 0 Å². The van der Waals surface area contributed by atoms with Crippen molar-refractivity contribution < 1.29 is 0 Å². The van der Waals surface area contributed by atoms with Gasteiger partial charge in [-0.25, -0.2) is 9.98 Å². The maximum absolute atomic E-state index is 4.16. The standard InChI is InChI=1S/C7H8N4/c1-5-7-6(10-4-9-5)2-8-3-11-7/h2-5,7H,1H3. The summed E-state index contributed by atoms with van der Waals surface area (Å²) in [6.07, 6.45) is 4.86. The van der Waals surface area contributed by atoms with E-state index in [9.17, 15) is 0 Å². The molecule has 2 rings (SSSR count). The van der Waals surface area contributed by atoms with E-state index >= 15 is 0 Å². The second-order valence-corrected chi connectivity index (χ2v) is 2.55. The summed E-state index contributed by atoms with van der Waals surface area (Å²) in [6.45, 7) is 2.02. The number of fused-ring (bicyclic) bond motifs is 1. The van der Waals surface area contributed by atoms with E-state index in [0.717, 1.165) is 5.71 Å². The van der Waals surface area contributed by atoms with E-state index in [2.05, 4.69) is 20.0 Å². The van der Waals surface area contributed by atoms with Gasteiger partial charge in [0.1, 0.15) is 18.7 Å². The molecule has 2 atom stereocenters. The monoisotopic (exact) mass is 148 g/mol. The molecule has 0 radical (unpaired) electrons. The van der Waals surface area contributed by atoms with Crippen molar-refractivity contribution in [2.75, 3.05) is 0 Å². The van der Waals surface area contributed by atoms with E-state index in [1.54, 1.807) is 18.9 Å². The minimum Gasteiger partial charge on any atom is -0.268 e. The fraction of sp³-hybridized carbons (Fsp3) is 0.429. The minimum atomic E-state index is 0.0949. The Hall–Kier alpha value is -1.32. The predicted octanol–water partition coefficient (Wildman–Crippen LogP) is 0.339. The highest BCUT2D eigenvalue weighted by Crippen LogP contribution is 2.10. The summed E-state index contributed by atoms with van der Waals surface area (Å²) < 4.78 is 0. The molecule has 0 aromatic heterocycles. The molecule has 4 heteroatoms. The highest BCUT2D eigenvalue weighted by atomic mass is 15.0. The molecule has 2 aliphatic rings. The number of aliphatic imine (C=N–C) groups is 4. The predicted molar refractivity (Wildman–Crippen MR) is 46.2 cm³/mol. The van der Waals surface area contributed by atoms with Crippen LogP contribution in [0.15, 0.2) is 20.0 Å². The highest BCUT2D eigenvalue weighted by molar-refractivity contribution is 6.36. The molecule has 0 N–H and O–H groups in total. The van der Waals surface area contributed by atoms with Crippen molar-refractivity contribution in [1.29, 1.82) is 0 Å². The Labute approximate surface area is 64.5 Å². The van der Waals surface area contributed by atoms with Crippen LogP contribution in [-0.2, 0) is 0 Å². The van der Waals surface area contributed by atoms with Crippen molar-refractivity contribution in [3.05, 3.63) is 0 Å². The normalized spacial score (nSPS) is 33.4. The molecule has 4 nitrogen and oxygen atoms in total. The van der Waals surface area contributed by atoms with Crippen molar-refractivity contribution in [3.8, 4) is 0 Å². The maximum atomic E-state index is 4.16. The van der Waals surface area contributed by atoms with E-state index in [1.165, 1.54) is 0 Å². The molecule has 2 aliphatic heterocycles. The Kier molecular flexibility index (Phi) is 1.38. The maximum Gasteiger partial charge on any atom is 0.117 e. The number of nitrogens with zero attached hydrogens (tertiary/aromatic N) is 4. The molecule has 0 saturated carbocycles. The third-order valence-corrected chi connectivity index (χ3v) is 1.77. The van der Waals surface area contributed by atoms with Crippen molar-refractivity contribution in [2.45, 2.75) is 19.0 Å². The molecule has 0 aliphatic carbocycles. The summed E-state index contributed by atoms with van der Waals surface area (Å²) in [7, 11) is 0. The van der Waals surface area contributed by atoms with Crippen LogP contribution in [0.25, 0.3) is 0 Å². The third-order valence-electron chi connectivity index (χ3n) is 1.77. The summed E-state index contributed by atoms with van der Waals surface area (Å²) in [5.41, 5.74) is 0.912. The topological polar surface area (TPSA) is 49.4 Å². The summed E-state index contributed by atoms with van der Waals surface area (Å²) >= 11 is 0. The Morgan fingerprint density at radius 3 is 3.00 bits per heavy atom. The van der Waals surface area contributed by atoms with Gasteiger partial charge in [-0.15, -0.1) is 0 Å². The molecule has 0 spiro atoms. The molecule has 0 amide bonds. The van der Waals surface area contributed by atoms with E-state index in [-0.39, 0.29) is 12.1 Å². The van der Waals surface area contributed by atoms with Crippen LogP contribution < -0.4 is 0 Å². The van der Waals surface area contributed by atoms with Crippen LogP contribution in [0.2, 0.25) is 0 Å². The van der Waals surface area contributed by atoms with Crippen LogP contribution in [0.1, 0.15) is 6.92 Å². The van der Waals surface area contributed by atoms with Crippen LogP contribution in [0.4, 0.5) is 0 Å². The molecule has 56 valence electrons. The first kappa shape index (κ1) is 6.39. The largest absolute Gasteiger partial charge is 0.268 e. The van der Waals surface area contributed by atoms with E-state index in [0.29, 0.717) is 0 Å². The molecule has 0 fully saturated rings. The molecular formula is C7H8N4. The van der Waals surface area contributed by atoms with Crippen molar-refractivity contribution in [2.24, 2.45) is 20.0 Å². The summed E-state index contributed by atoms with van der Waals surface area (Å²) in [5.74, 6) is 0. The van der Waals surface area contributed by atoms with Crippen molar-refractivity contribution >= 4 is 24.6 Å². The molecule has 2 heterocycles. The smallest absolute Gasteiger partial charge is 0.117 e. The van der Waals surface area contributed by atoms with Gasteiger partial charge in [-0.1, -0.05) is 0 Å². The van der Waals surface area contributed by atoms with Gasteiger partial charge in [0, 0.05) is 0 Å². The number of rotatable bonds is 0. The second kappa shape index (κ2) is 2.38. The lowest BCUT2D eigenvalue weighted by Gasteiger charge is -2.20. The van der Waals surface area contributed by atoms with Crippen LogP contribution >= 0.6 is 0 Å². The van der Waals surface area contributed by atoms with Crippen LogP contribution in [0.3, 0.4) is 0 Å². The minimum absolute atomic E-state index is 0.0949. The fourth-order valence-corrected chi connectivity index (χ4v) is 1.14. The number of hydrogen-bond acceptors (Lipinski definition) is 4. The van der Waals surface area contributed by atoms with Gasteiger partial charge < -0.3 is 0 Å². The Balaban J connectivity index is 2.35. The highest BCUT2D eigenvalue weighted by Gasteiger charge is 2.23. The molecule has 0 aromatic rings. The number of hydrogen-bond donors (Lipinski definition) is 0. The van der Waals surface area contributed by atoms with E-state index in [4.69, 9.17) is 0 Å². The lowest BCUT2D eigenvalue weighted by molar-refractivity contribution is 0.680. The Morgan fingerprint density at radius 2 is 2.18 bits per heavy atom. The molecule has 2 unspecified atom stereocenters. The lowest BCUT2D eigenvalue weighted by atomic mass is 10.1. The van der Waals surface area contributed by atoms with Crippen molar-refractivity contribution in [1.82, 2.24) is 0 Å². The zero-order chi connectivity index (χ0) is 7.68. The van der Waals surface area contributed by atoms with Gasteiger partial charge >= 0.3 is 0 Å². The van der Waals surface area contributed by atoms with Gasteiger partial charge in [0.2, 0.25) is 0 Å². The quantitative estimate of drug-likeness (QED) is 0.475. The zero-order valence-corrected chi connectivity index (χ0v) is 6.18. The van der Waals surface area contributed by atoms with Gasteiger partial charge in [0.05, 0.1) is 18.0 Å². The molecule has 0 saturated heterocycles. The zero-order valence-electron chi connectivity index (χ0n) is 6.18. The Morgan fingerprint density at radius 1 is 1.27 bits per heavy atom. The van der Waals surface area contributed by atoms with Gasteiger partial charge in [-0.2, -0.15) is 0 Å². The van der Waals surface area contributed by atoms with Crippen LogP contribution in [-0.4, -0.2) is 36.7 Å². The molecule has 11 heavy (non-hydrogen) atoms. The van der Waals surface area contributed by atoms with Crippen molar-refractivity contribution in [3.63, 3.8) is 0 Å². The lowest BCUT2D eigenvalue weighted by Crippen LogP contribution is -2.34. The fourth-order valence-electron chi connectivity index (χ4n) is 1.14. The van der Waals surface area contributed by atoms with Crippen LogP contribution in [0, 0.1) is 0 Å². The average molecular weight is 148 g/mol. The summed E-state index contributed by atoms with van der Waals surface area (Å²) in [4.78, 5) is 16.2.